The van der Waals surface area contributed by atoms with E-state index in [4.69, 9.17) is 4.99 Å². The van der Waals surface area contributed by atoms with E-state index in [1.54, 1.807) is 0 Å². The Morgan fingerprint density at radius 1 is 0.581 bits per heavy atom. The van der Waals surface area contributed by atoms with Crippen molar-refractivity contribution in [2.24, 2.45) is 10.9 Å². The molecule has 4 atom stereocenters. The van der Waals surface area contributed by atoms with Gasteiger partial charge in [0.2, 0.25) is 0 Å². The number of hydrogen-bond donors (Lipinski definition) is 1. The molecule has 62 heavy (non-hydrogen) atoms. The summed E-state index contributed by atoms with van der Waals surface area (Å²) in [5, 5.41) is 8.89. The molecule has 0 radical (unpaired) electrons. The zero-order chi connectivity index (χ0) is 40.7. The van der Waals surface area contributed by atoms with Gasteiger partial charge in [0.15, 0.2) is 0 Å². The molecule has 2 aliphatic heterocycles. The Balaban J connectivity index is 0.945. The van der Waals surface area contributed by atoms with Gasteiger partial charge in [-0.2, -0.15) is 0 Å². The summed E-state index contributed by atoms with van der Waals surface area (Å²) in [5.41, 5.74) is 17.0. The number of nitrogens with zero attached hydrogens (tertiary/aromatic N) is 3. The van der Waals surface area contributed by atoms with Gasteiger partial charge in [0.05, 0.1) is 22.8 Å². The predicted octanol–water partition coefficient (Wildman–Crippen LogP) is 13.8. The molecule has 0 bridgehead atoms. The Morgan fingerprint density at radius 3 is 2.29 bits per heavy atom. The Hall–Kier alpha value is -7.69. The van der Waals surface area contributed by atoms with Crippen LogP contribution in [0, 0.1) is 5.92 Å². The number of hydrogen-bond acceptors (Lipinski definition) is 3. The first kappa shape index (κ1) is 35.1. The third-order valence-corrected chi connectivity index (χ3v) is 13.6. The summed E-state index contributed by atoms with van der Waals surface area (Å²) >= 11 is 0. The second-order valence-corrected chi connectivity index (χ2v) is 17.0. The molecule has 8 aromatic rings. The molecule has 0 spiro atoms. The molecule has 4 unspecified atom stereocenters. The molecular weight excluding hydrogens is 753 g/mol. The molecule has 1 aromatic heterocycles. The molecular formula is C58H42N4. The van der Waals surface area contributed by atoms with E-state index >= 15 is 0 Å². The summed E-state index contributed by atoms with van der Waals surface area (Å²) in [6.45, 7) is 0. The van der Waals surface area contributed by atoms with E-state index in [0.717, 1.165) is 23.4 Å². The van der Waals surface area contributed by atoms with Crippen LogP contribution < -0.4 is 10.2 Å². The van der Waals surface area contributed by atoms with Gasteiger partial charge in [-0.15, -0.1) is 0 Å². The van der Waals surface area contributed by atoms with Gasteiger partial charge in [0, 0.05) is 56.5 Å². The van der Waals surface area contributed by atoms with E-state index in [1.165, 1.54) is 83.1 Å². The molecule has 13 rings (SSSR count). The van der Waals surface area contributed by atoms with Gasteiger partial charge in [-0.3, -0.25) is 4.99 Å². The maximum atomic E-state index is 5.61. The predicted molar refractivity (Wildman–Crippen MR) is 257 cm³/mol. The zero-order valence-electron chi connectivity index (χ0n) is 34.1. The summed E-state index contributed by atoms with van der Waals surface area (Å²) in [6.07, 6.45) is 21.2. The van der Waals surface area contributed by atoms with Crippen molar-refractivity contribution in [3.8, 4) is 16.8 Å². The van der Waals surface area contributed by atoms with Crippen molar-refractivity contribution in [2.45, 2.75) is 24.5 Å². The van der Waals surface area contributed by atoms with Crippen molar-refractivity contribution in [3.05, 3.63) is 246 Å². The minimum Gasteiger partial charge on any atom is -0.359 e. The molecule has 3 aliphatic carbocycles. The molecule has 0 saturated carbocycles. The van der Waals surface area contributed by atoms with Crippen molar-refractivity contribution < 1.29 is 0 Å². The van der Waals surface area contributed by atoms with Crippen LogP contribution in [0.1, 0.15) is 35.2 Å². The number of anilines is 2. The quantitative estimate of drug-likeness (QED) is 0.188. The highest BCUT2D eigenvalue weighted by atomic mass is 15.2. The Bertz CT molecular complexity index is 3380. The molecule has 4 heteroatoms. The molecule has 3 heterocycles. The fourth-order valence-corrected chi connectivity index (χ4v) is 10.9. The standard InChI is InChI=1S/C58H42N4/c1-2-19-41(20-3-1)61-52-29-11-9-25-48(52)55-44(26-14-30-54(55)61)39-32-34-53-50(36-39)46-24-8-10-28-51(46)62(53)42-21-12-18-40(35-42)58-59-56-45-23-7-5-16-38(45)31-33-49(56)57(60-58)47-27-13-17-37-15-4-6-22-43(37)47/h1-30,32-36,38,48,52,58-59H,31H2. The van der Waals surface area contributed by atoms with E-state index in [2.05, 4.69) is 227 Å². The number of nitrogens with one attached hydrogen (secondary N) is 1. The molecule has 294 valence electrons. The molecule has 5 aliphatic rings. The summed E-state index contributed by atoms with van der Waals surface area (Å²) < 4.78 is 2.44. The van der Waals surface area contributed by atoms with Gasteiger partial charge < -0.3 is 14.8 Å². The number of aliphatic imine (C=N–C) groups is 1. The Morgan fingerprint density at radius 2 is 1.34 bits per heavy atom. The van der Waals surface area contributed by atoms with Gasteiger partial charge >= 0.3 is 0 Å². The van der Waals surface area contributed by atoms with Crippen molar-refractivity contribution in [3.63, 3.8) is 0 Å². The molecule has 0 fully saturated rings. The first-order valence-electron chi connectivity index (χ1n) is 21.9. The lowest BCUT2D eigenvalue weighted by molar-refractivity contribution is 0.599. The van der Waals surface area contributed by atoms with Crippen molar-refractivity contribution >= 4 is 49.7 Å². The number of rotatable bonds is 5. The van der Waals surface area contributed by atoms with Gasteiger partial charge in [-0.05, 0) is 93.6 Å². The minimum atomic E-state index is -0.274. The van der Waals surface area contributed by atoms with Crippen LogP contribution >= 0.6 is 0 Å². The van der Waals surface area contributed by atoms with Crippen LogP contribution in [0.4, 0.5) is 11.4 Å². The molecule has 4 nitrogen and oxygen atoms in total. The summed E-state index contributed by atoms with van der Waals surface area (Å²) in [5.74, 6) is 0.612. The number of aromatic nitrogens is 1. The number of para-hydroxylation sites is 2. The highest BCUT2D eigenvalue weighted by molar-refractivity contribution is 6.22. The lowest BCUT2D eigenvalue weighted by Crippen LogP contribution is -2.33. The highest BCUT2D eigenvalue weighted by Crippen LogP contribution is 2.51. The van der Waals surface area contributed by atoms with Gasteiger partial charge in [0.1, 0.15) is 6.17 Å². The monoisotopic (exact) mass is 794 g/mol. The zero-order valence-corrected chi connectivity index (χ0v) is 34.1. The van der Waals surface area contributed by atoms with E-state index in [9.17, 15) is 0 Å². The topological polar surface area (TPSA) is 32.6 Å². The average Bonchev–Trinajstić information content (AvgIpc) is 3.86. The van der Waals surface area contributed by atoms with Crippen LogP contribution in [-0.2, 0) is 0 Å². The van der Waals surface area contributed by atoms with Crippen molar-refractivity contribution in [2.75, 3.05) is 4.90 Å². The van der Waals surface area contributed by atoms with Gasteiger partial charge in [-0.25, -0.2) is 0 Å². The van der Waals surface area contributed by atoms with Gasteiger partial charge in [-0.1, -0.05) is 164 Å². The van der Waals surface area contributed by atoms with Crippen LogP contribution in [0.25, 0.3) is 49.4 Å². The summed E-state index contributed by atoms with van der Waals surface area (Å²) in [4.78, 5) is 8.12. The second-order valence-electron chi connectivity index (χ2n) is 17.0. The van der Waals surface area contributed by atoms with E-state index < -0.39 is 0 Å². The molecule has 0 saturated heterocycles. The van der Waals surface area contributed by atoms with Crippen LogP contribution in [0.5, 0.6) is 0 Å². The molecule has 1 N–H and O–H groups in total. The maximum absolute atomic E-state index is 5.61. The summed E-state index contributed by atoms with van der Waals surface area (Å²) in [7, 11) is 0. The second kappa shape index (κ2) is 13.9. The highest BCUT2D eigenvalue weighted by Gasteiger charge is 2.39. The smallest absolute Gasteiger partial charge is 0.145 e. The number of benzene rings is 7. The maximum Gasteiger partial charge on any atom is 0.145 e. The van der Waals surface area contributed by atoms with E-state index in [1.807, 2.05) is 0 Å². The Kier molecular flexibility index (Phi) is 7.89. The lowest BCUT2D eigenvalue weighted by atomic mass is 9.80. The number of fused-ring (bicyclic) bond motifs is 9. The van der Waals surface area contributed by atoms with Crippen LogP contribution in [0.3, 0.4) is 0 Å². The third kappa shape index (κ3) is 5.36. The van der Waals surface area contributed by atoms with Crippen LogP contribution in [0.15, 0.2) is 234 Å². The lowest BCUT2D eigenvalue weighted by Gasteiger charge is -2.35. The SMILES string of the molecule is C1=CC2=C3NC(c4cccc(-n5c6ccccc6c6cc(-c7cccc8c7C7C=CC=CC7N8c7ccccc7)ccc65)c4)N=C(c4cccc5ccccc45)C3=CCC2C=C1. The van der Waals surface area contributed by atoms with Crippen molar-refractivity contribution in [1.29, 1.82) is 0 Å². The fourth-order valence-electron chi connectivity index (χ4n) is 10.9. The first-order chi connectivity index (χ1) is 30.8. The average molecular weight is 795 g/mol. The normalized spacial score (nSPS) is 20.8. The van der Waals surface area contributed by atoms with Gasteiger partial charge in [0.25, 0.3) is 0 Å². The molecule has 0 amide bonds. The van der Waals surface area contributed by atoms with Crippen molar-refractivity contribution in [1.82, 2.24) is 9.88 Å². The fraction of sp³-hybridized carbons (Fsp3) is 0.0862. The first-order valence-corrected chi connectivity index (χ1v) is 21.9. The third-order valence-electron chi connectivity index (χ3n) is 13.6. The number of allylic oxidation sites excluding steroid dienone is 9. The van der Waals surface area contributed by atoms with E-state index in [-0.39, 0.29) is 18.1 Å². The largest absolute Gasteiger partial charge is 0.359 e. The van der Waals surface area contributed by atoms with Crippen LogP contribution in [0.2, 0.25) is 0 Å². The summed E-state index contributed by atoms with van der Waals surface area (Å²) in [6, 6.07) is 58.1. The minimum absolute atomic E-state index is 0.234. The van der Waals surface area contributed by atoms with Crippen LogP contribution in [-0.4, -0.2) is 16.3 Å². The molecule has 7 aromatic carbocycles. The Labute approximate surface area is 361 Å². The van der Waals surface area contributed by atoms with E-state index in [0.29, 0.717) is 5.92 Å².